The van der Waals surface area contributed by atoms with Crippen LogP contribution in [-0.4, -0.2) is 22.1 Å². The molecule has 106 valence electrons. The van der Waals surface area contributed by atoms with Crippen LogP contribution in [0.5, 0.6) is 0 Å². The van der Waals surface area contributed by atoms with Crippen LogP contribution in [0, 0.1) is 0 Å². The summed E-state index contributed by atoms with van der Waals surface area (Å²) < 4.78 is 7.30. The summed E-state index contributed by atoms with van der Waals surface area (Å²) in [5, 5.41) is 2.76. The van der Waals surface area contributed by atoms with Crippen LogP contribution in [0.2, 0.25) is 0 Å². The van der Waals surface area contributed by atoms with Crippen LogP contribution < -0.4 is 5.32 Å². The Morgan fingerprint density at radius 1 is 1.35 bits per heavy atom. The molecule has 0 atom stereocenters. The maximum atomic E-state index is 11.7. The van der Waals surface area contributed by atoms with Gasteiger partial charge in [0.2, 0.25) is 11.9 Å². The fraction of sp³-hybridized carbons (Fsp3) is 0.333. The standard InChI is InChI=1S/C15H19N3O2/c1-18-10-9-16-15(18)17-14(19)8-5-11-20-12-13-6-3-2-4-7-13/h2-4,6-7,9-10H,5,8,11-12H2,1H3,(H,16,17,19). The Balaban J connectivity index is 1.59. The Labute approximate surface area is 118 Å². The lowest BCUT2D eigenvalue weighted by atomic mass is 10.2. The van der Waals surface area contributed by atoms with Crippen LogP contribution >= 0.6 is 0 Å². The first-order valence-electron chi connectivity index (χ1n) is 6.64. The minimum Gasteiger partial charge on any atom is -0.377 e. The molecule has 0 radical (unpaired) electrons. The quantitative estimate of drug-likeness (QED) is 0.788. The summed E-state index contributed by atoms with van der Waals surface area (Å²) >= 11 is 0. The number of rotatable bonds is 7. The topological polar surface area (TPSA) is 56.2 Å². The van der Waals surface area contributed by atoms with E-state index in [2.05, 4.69) is 10.3 Å². The summed E-state index contributed by atoms with van der Waals surface area (Å²) in [5.74, 6) is 0.530. The Morgan fingerprint density at radius 2 is 2.15 bits per heavy atom. The van der Waals surface area contributed by atoms with Crippen LogP contribution in [0.3, 0.4) is 0 Å². The number of aryl methyl sites for hydroxylation is 1. The zero-order chi connectivity index (χ0) is 14.2. The number of carbonyl (C=O) groups is 1. The molecule has 0 saturated carbocycles. The third kappa shape index (κ3) is 4.51. The molecule has 2 rings (SSSR count). The van der Waals surface area contributed by atoms with E-state index in [1.54, 1.807) is 17.0 Å². The van der Waals surface area contributed by atoms with E-state index in [4.69, 9.17) is 4.74 Å². The molecule has 1 heterocycles. The normalized spacial score (nSPS) is 10.4. The molecule has 20 heavy (non-hydrogen) atoms. The van der Waals surface area contributed by atoms with Crippen molar-refractivity contribution >= 4 is 11.9 Å². The second kappa shape index (κ2) is 7.45. The predicted molar refractivity (Wildman–Crippen MR) is 77.2 cm³/mol. The van der Waals surface area contributed by atoms with E-state index in [0.717, 1.165) is 5.56 Å². The monoisotopic (exact) mass is 273 g/mol. The molecule has 0 spiro atoms. The van der Waals surface area contributed by atoms with Gasteiger partial charge < -0.3 is 9.30 Å². The first kappa shape index (κ1) is 14.3. The molecule has 1 aromatic carbocycles. The van der Waals surface area contributed by atoms with Crippen LogP contribution in [0.4, 0.5) is 5.95 Å². The number of imidazole rings is 1. The maximum Gasteiger partial charge on any atom is 0.226 e. The van der Waals surface area contributed by atoms with Crippen LogP contribution in [0.1, 0.15) is 18.4 Å². The van der Waals surface area contributed by atoms with E-state index in [9.17, 15) is 4.79 Å². The minimum atomic E-state index is -0.0392. The molecule has 0 bridgehead atoms. The second-order valence-corrected chi connectivity index (χ2v) is 4.55. The average Bonchev–Trinajstić information content (AvgIpc) is 2.85. The van der Waals surface area contributed by atoms with Crippen molar-refractivity contribution in [1.82, 2.24) is 9.55 Å². The number of ether oxygens (including phenoxy) is 1. The highest BCUT2D eigenvalue weighted by Gasteiger charge is 2.05. The zero-order valence-corrected chi connectivity index (χ0v) is 11.6. The molecule has 0 aliphatic carbocycles. The third-order valence-corrected chi connectivity index (χ3v) is 2.88. The van der Waals surface area contributed by atoms with Crippen LogP contribution in [0.15, 0.2) is 42.7 Å². The lowest BCUT2D eigenvalue weighted by molar-refractivity contribution is -0.116. The number of nitrogens with one attached hydrogen (secondary N) is 1. The molecule has 1 aromatic heterocycles. The summed E-state index contributed by atoms with van der Waals surface area (Å²) in [6.45, 7) is 1.16. The maximum absolute atomic E-state index is 11.7. The number of hydrogen-bond acceptors (Lipinski definition) is 3. The fourth-order valence-corrected chi connectivity index (χ4v) is 1.77. The number of carbonyl (C=O) groups excluding carboxylic acids is 1. The largest absolute Gasteiger partial charge is 0.377 e. The van der Waals surface area contributed by atoms with Crippen molar-refractivity contribution in [3.63, 3.8) is 0 Å². The predicted octanol–water partition coefficient (Wildman–Crippen LogP) is 2.36. The van der Waals surface area contributed by atoms with Gasteiger partial charge in [-0.05, 0) is 12.0 Å². The molecular formula is C15H19N3O2. The fourth-order valence-electron chi connectivity index (χ4n) is 1.77. The molecule has 5 heteroatoms. The van der Waals surface area contributed by atoms with Gasteiger partial charge in [0.1, 0.15) is 0 Å². The van der Waals surface area contributed by atoms with E-state index in [1.165, 1.54) is 0 Å². The zero-order valence-electron chi connectivity index (χ0n) is 11.6. The van der Waals surface area contributed by atoms with E-state index >= 15 is 0 Å². The first-order valence-corrected chi connectivity index (χ1v) is 6.64. The molecule has 2 aromatic rings. The van der Waals surface area contributed by atoms with Crippen LogP contribution in [0.25, 0.3) is 0 Å². The molecule has 0 fully saturated rings. The summed E-state index contributed by atoms with van der Waals surface area (Å²) in [6, 6.07) is 9.99. The Bertz CT molecular complexity index is 537. The molecule has 5 nitrogen and oxygen atoms in total. The van der Waals surface area contributed by atoms with Crippen molar-refractivity contribution in [2.75, 3.05) is 11.9 Å². The first-order chi connectivity index (χ1) is 9.75. The van der Waals surface area contributed by atoms with Gasteiger partial charge in [-0.2, -0.15) is 0 Å². The highest BCUT2D eigenvalue weighted by atomic mass is 16.5. The molecule has 0 aliphatic rings. The number of benzene rings is 1. The highest BCUT2D eigenvalue weighted by molar-refractivity contribution is 5.88. The molecular weight excluding hydrogens is 254 g/mol. The molecule has 0 aliphatic heterocycles. The molecule has 0 saturated heterocycles. The Kier molecular flexibility index (Phi) is 5.32. The molecule has 1 N–H and O–H groups in total. The van der Waals surface area contributed by atoms with Crippen molar-refractivity contribution in [2.24, 2.45) is 7.05 Å². The number of amides is 1. The summed E-state index contributed by atoms with van der Waals surface area (Å²) in [5.41, 5.74) is 1.14. The average molecular weight is 273 g/mol. The van der Waals surface area contributed by atoms with Gasteiger partial charge in [0.25, 0.3) is 0 Å². The van der Waals surface area contributed by atoms with Gasteiger partial charge in [0.15, 0.2) is 0 Å². The van der Waals surface area contributed by atoms with Crippen molar-refractivity contribution in [3.8, 4) is 0 Å². The molecule has 1 amide bonds. The lowest BCUT2D eigenvalue weighted by Crippen LogP contribution is -2.15. The van der Waals surface area contributed by atoms with Gasteiger partial charge in [0, 0.05) is 32.5 Å². The summed E-state index contributed by atoms with van der Waals surface area (Å²) in [7, 11) is 1.84. The Morgan fingerprint density at radius 3 is 2.85 bits per heavy atom. The SMILES string of the molecule is Cn1ccnc1NC(=O)CCCOCc1ccccc1. The second-order valence-electron chi connectivity index (χ2n) is 4.55. The summed E-state index contributed by atoms with van der Waals surface area (Å²) in [4.78, 5) is 15.7. The number of nitrogens with zero attached hydrogens (tertiary/aromatic N) is 2. The summed E-state index contributed by atoms with van der Waals surface area (Å²) in [6.07, 6.45) is 4.57. The van der Waals surface area contributed by atoms with Crippen molar-refractivity contribution in [1.29, 1.82) is 0 Å². The third-order valence-electron chi connectivity index (χ3n) is 2.88. The van der Waals surface area contributed by atoms with E-state index in [1.807, 2.05) is 37.4 Å². The highest BCUT2D eigenvalue weighted by Crippen LogP contribution is 2.04. The van der Waals surface area contributed by atoms with Gasteiger partial charge in [-0.1, -0.05) is 30.3 Å². The minimum absolute atomic E-state index is 0.0392. The number of hydrogen-bond donors (Lipinski definition) is 1. The van der Waals surface area contributed by atoms with Gasteiger partial charge >= 0.3 is 0 Å². The van der Waals surface area contributed by atoms with Gasteiger partial charge in [-0.15, -0.1) is 0 Å². The Hall–Kier alpha value is -2.14. The number of aromatic nitrogens is 2. The molecule has 0 unspecified atom stereocenters. The smallest absolute Gasteiger partial charge is 0.226 e. The van der Waals surface area contributed by atoms with E-state index in [-0.39, 0.29) is 5.91 Å². The van der Waals surface area contributed by atoms with Gasteiger partial charge in [-0.3, -0.25) is 10.1 Å². The van der Waals surface area contributed by atoms with Crippen molar-refractivity contribution in [2.45, 2.75) is 19.4 Å². The van der Waals surface area contributed by atoms with Crippen LogP contribution in [-0.2, 0) is 23.2 Å². The van der Waals surface area contributed by atoms with Gasteiger partial charge in [0.05, 0.1) is 6.61 Å². The van der Waals surface area contributed by atoms with Crippen molar-refractivity contribution in [3.05, 3.63) is 48.3 Å². The van der Waals surface area contributed by atoms with E-state index < -0.39 is 0 Å². The van der Waals surface area contributed by atoms with E-state index in [0.29, 0.717) is 32.0 Å². The number of anilines is 1. The van der Waals surface area contributed by atoms with Gasteiger partial charge in [-0.25, -0.2) is 4.98 Å². The van der Waals surface area contributed by atoms with Crippen molar-refractivity contribution < 1.29 is 9.53 Å². The lowest BCUT2D eigenvalue weighted by Gasteiger charge is -2.06.